The molecular formula is C16H24N2O3. The molecule has 0 saturated carbocycles. The lowest BCUT2D eigenvalue weighted by atomic mass is 10.1. The van der Waals surface area contributed by atoms with Crippen LogP contribution in [0.5, 0.6) is 11.5 Å². The van der Waals surface area contributed by atoms with Gasteiger partial charge in [0.15, 0.2) is 11.5 Å². The number of ether oxygens (including phenoxy) is 2. The standard InChI is InChI=1S/C16H24N2O3/c1-4-17-7-9-18(10-8-17)16(19)12-13-5-6-14(20-2)15(11-13)21-3/h5-6,11H,4,7-10,12H2,1-3H3. The van der Waals surface area contributed by atoms with Gasteiger partial charge in [0.1, 0.15) is 0 Å². The zero-order valence-corrected chi connectivity index (χ0v) is 13.1. The highest BCUT2D eigenvalue weighted by Crippen LogP contribution is 2.27. The van der Waals surface area contributed by atoms with Crippen LogP contribution in [-0.4, -0.2) is 62.7 Å². The molecule has 0 radical (unpaired) electrons. The van der Waals surface area contributed by atoms with Crippen LogP contribution in [0.4, 0.5) is 0 Å². The second-order valence-corrected chi connectivity index (χ2v) is 5.18. The molecule has 1 fully saturated rings. The molecule has 21 heavy (non-hydrogen) atoms. The maximum atomic E-state index is 12.4. The summed E-state index contributed by atoms with van der Waals surface area (Å²) in [5.74, 6) is 1.53. The van der Waals surface area contributed by atoms with Crippen molar-refractivity contribution in [3.8, 4) is 11.5 Å². The predicted molar refractivity (Wildman–Crippen MR) is 81.9 cm³/mol. The first-order valence-corrected chi connectivity index (χ1v) is 7.39. The van der Waals surface area contributed by atoms with Gasteiger partial charge in [0, 0.05) is 26.2 Å². The minimum atomic E-state index is 0.179. The third kappa shape index (κ3) is 3.88. The molecule has 1 aromatic carbocycles. The van der Waals surface area contributed by atoms with Crippen LogP contribution in [0.15, 0.2) is 18.2 Å². The summed E-state index contributed by atoms with van der Waals surface area (Å²) in [5, 5.41) is 0. The Kier molecular flexibility index (Phi) is 5.44. The molecule has 5 heteroatoms. The van der Waals surface area contributed by atoms with Gasteiger partial charge in [-0.2, -0.15) is 0 Å². The Morgan fingerprint density at radius 3 is 2.33 bits per heavy atom. The van der Waals surface area contributed by atoms with Crippen LogP contribution < -0.4 is 9.47 Å². The number of benzene rings is 1. The Balaban J connectivity index is 1.96. The lowest BCUT2D eigenvalue weighted by molar-refractivity contribution is -0.132. The number of carbonyl (C=O) groups is 1. The number of hydrogen-bond donors (Lipinski definition) is 0. The van der Waals surface area contributed by atoms with Crippen LogP contribution in [-0.2, 0) is 11.2 Å². The number of methoxy groups -OCH3 is 2. The van der Waals surface area contributed by atoms with Gasteiger partial charge in [-0.25, -0.2) is 0 Å². The van der Waals surface area contributed by atoms with Crippen LogP contribution in [0.3, 0.4) is 0 Å². The molecular weight excluding hydrogens is 268 g/mol. The minimum Gasteiger partial charge on any atom is -0.493 e. The zero-order chi connectivity index (χ0) is 15.2. The molecule has 0 atom stereocenters. The van der Waals surface area contributed by atoms with Crippen molar-refractivity contribution in [3.63, 3.8) is 0 Å². The van der Waals surface area contributed by atoms with Crippen LogP contribution in [0.2, 0.25) is 0 Å². The monoisotopic (exact) mass is 292 g/mol. The third-order valence-corrected chi connectivity index (χ3v) is 3.98. The number of hydrogen-bond acceptors (Lipinski definition) is 4. The van der Waals surface area contributed by atoms with E-state index in [1.54, 1.807) is 14.2 Å². The molecule has 1 saturated heterocycles. The average molecular weight is 292 g/mol. The number of amides is 1. The van der Waals surface area contributed by atoms with E-state index in [1.165, 1.54) is 0 Å². The van der Waals surface area contributed by atoms with Gasteiger partial charge < -0.3 is 19.3 Å². The first-order chi connectivity index (χ1) is 10.2. The van der Waals surface area contributed by atoms with E-state index in [2.05, 4.69) is 11.8 Å². The van der Waals surface area contributed by atoms with Gasteiger partial charge in [0.25, 0.3) is 0 Å². The average Bonchev–Trinajstić information content (AvgIpc) is 2.54. The van der Waals surface area contributed by atoms with Crippen molar-refractivity contribution in [1.82, 2.24) is 9.80 Å². The highest BCUT2D eigenvalue weighted by Gasteiger charge is 2.20. The zero-order valence-electron chi connectivity index (χ0n) is 13.1. The van der Waals surface area contributed by atoms with Gasteiger partial charge in [-0.3, -0.25) is 4.79 Å². The van der Waals surface area contributed by atoms with E-state index < -0.39 is 0 Å². The normalized spacial score (nSPS) is 15.9. The summed E-state index contributed by atoms with van der Waals surface area (Å²) in [5.41, 5.74) is 0.954. The summed E-state index contributed by atoms with van der Waals surface area (Å²) < 4.78 is 10.5. The van der Waals surface area contributed by atoms with Crippen molar-refractivity contribution in [2.75, 3.05) is 46.9 Å². The Morgan fingerprint density at radius 2 is 1.76 bits per heavy atom. The smallest absolute Gasteiger partial charge is 0.227 e. The number of rotatable bonds is 5. The van der Waals surface area contributed by atoms with Crippen LogP contribution in [0.25, 0.3) is 0 Å². The van der Waals surface area contributed by atoms with E-state index in [4.69, 9.17) is 9.47 Å². The number of nitrogens with zero attached hydrogens (tertiary/aromatic N) is 2. The van der Waals surface area contributed by atoms with Gasteiger partial charge in [0.2, 0.25) is 5.91 Å². The van der Waals surface area contributed by atoms with Crippen molar-refractivity contribution in [2.45, 2.75) is 13.3 Å². The van der Waals surface area contributed by atoms with Gasteiger partial charge in [0.05, 0.1) is 20.6 Å². The first-order valence-electron chi connectivity index (χ1n) is 7.39. The molecule has 1 heterocycles. The second kappa shape index (κ2) is 7.31. The van der Waals surface area contributed by atoms with Crippen LogP contribution in [0, 0.1) is 0 Å². The molecule has 1 amide bonds. The van der Waals surface area contributed by atoms with Gasteiger partial charge in [-0.15, -0.1) is 0 Å². The lowest BCUT2D eigenvalue weighted by Crippen LogP contribution is -2.48. The molecule has 1 aromatic rings. The Morgan fingerprint density at radius 1 is 1.10 bits per heavy atom. The van der Waals surface area contributed by atoms with Gasteiger partial charge in [-0.1, -0.05) is 13.0 Å². The highest BCUT2D eigenvalue weighted by atomic mass is 16.5. The molecule has 0 unspecified atom stereocenters. The molecule has 0 N–H and O–H groups in total. The van der Waals surface area contributed by atoms with E-state index in [1.807, 2.05) is 23.1 Å². The maximum absolute atomic E-state index is 12.4. The van der Waals surface area contributed by atoms with Gasteiger partial charge in [-0.05, 0) is 24.2 Å². The Hall–Kier alpha value is -1.75. The van der Waals surface area contributed by atoms with Crippen LogP contribution >= 0.6 is 0 Å². The van der Waals surface area contributed by atoms with Crippen molar-refractivity contribution < 1.29 is 14.3 Å². The van der Waals surface area contributed by atoms with Crippen molar-refractivity contribution in [3.05, 3.63) is 23.8 Å². The molecule has 0 bridgehead atoms. The van der Waals surface area contributed by atoms with Gasteiger partial charge >= 0.3 is 0 Å². The fourth-order valence-electron chi connectivity index (χ4n) is 2.59. The van der Waals surface area contributed by atoms with Crippen molar-refractivity contribution in [1.29, 1.82) is 0 Å². The largest absolute Gasteiger partial charge is 0.493 e. The third-order valence-electron chi connectivity index (χ3n) is 3.98. The van der Waals surface area contributed by atoms with E-state index >= 15 is 0 Å². The lowest BCUT2D eigenvalue weighted by Gasteiger charge is -2.34. The summed E-state index contributed by atoms with van der Waals surface area (Å²) in [6.45, 7) is 6.78. The summed E-state index contributed by atoms with van der Waals surface area (Å²) in [6, 6.07) is 5.64. The number of carbonyl (C=O) groups excluding carboxylic acids is 1. The second-order valence-electron chi connectivity index (χ2n) is 5.18. The highest BCUT2D eigenvalue weighted by molar-refractivity contribution is 5.79. The SMILES string of the molecule is CCN1CCN(C(=O)Cc2ccc(OC)c(OC)c2)CC1. The molecule has 1 aliphatic heterocycles. The van der Waals surface area contributed by atoms with Crippen LogP contribution in [0.1, 0.15) is 12.5 Å². The first kappa shape index (κ1) is 15.6. The van der Waals surface area contributed by atoms with E-state index in [0.29, 0.717) is 17.9 Å². The Labute approximate surface area is 126 Å². The summed E-state index contributed by atoms with van der Waals surface area (Å²) in [4.78, 5) is 16.7. The molecule has 0 spiro atoms. The van der Waals surface area contributed by atoms with Crippen molar-refractivity contribution in [2.24, 2.45) is 0 Å². The quantitative estimate of drug-likeness (QED) is 0.823. The summed E-state index contributed by atoms with van der Waals surface area (Å²) in [7, 11) is 3.21. The van der Waals surface area contributed by atoms with E-state index in [0.717, 1.165) is 38.3 Å². The van der Waals surface area contributed by atoms with E-state index in [-0.39, 0.29) is 5.91 Å². The topological polar surface area (TPSA) is 42.0 Å². The molecule has 5 nitrogen and oxygen atoms in total. The Bertz CT molecular complexity index is 482. The maximum Gasteiger partial charge on any atom is 0.227 e. The summed E-state index contributed by atoms with van der Waals surface area (Å²) in [6.07, 6.45) is 0.409. The molecule has 116 valence electrons. The fourth-order valence-corrected chi connectivity index (χ4v) is 2.59. The fraction of sp³-hybridized carbons (Fsp3) is 0.562. The number of likely N-dealkylation sites (N-methyl/N-ethyl adjacent to an activating group) is 1. The molecule has 0 aromatic heterocycles. The van der Waals surface area contributed by atoms with Crippen molar-refractivity contribution >= 4 is 5.91 Å². The number of piperazine rings is 1. The molecule has 1 aliphatic rings. The molecule has 2 rings (SSSR count). The summed E-state index contributed by atoms with van der Waals surface area (Å²) >= 11 is 0. The molecule has 0 aliphatic carbocycles. The van der Waals surface area contributed by atoms with E-state index in [9.17, 15) is 4.79 Å². The minimum absolute atomic E-state index is 0.179. The predicted octanol–water partition coefficient (Wildman–Crippen LogP) is 1.41.